The molecule has 0 saturated heterocycles. The van der Waals surface area contributed by atoms with Crippen molar-refractivity contribution in [3.8, 4) is 6.07 Å². The smallest absolute Gasteiger partial charge is 0.170 e. The van der Waals surface area contributed by atoms with Gasteiger partial charge in [0.25, 0.3) is 0 Å². The number of nitrogens with zero attached hydrogens (tertiary/aromatic N) is 4. The van der Waals surface area contributed by atoms with Gasteiger partial charge in [0.2, 0.25) is 0 Å². The maximum absolute atomic E-state index is 9.99. The summed E-state index contributed by atoms with van der Waals surface area (Å²) in [5, 5.41) is 14.3. The highest BCUT2D eigenvalue weighted by Gasteiger charge is 2.25. The van der Waals surface area contributed by atoms with Crippen LogP contribution in [-0.4, -0.2) is 9.97 Å². The van der Waals surface area contributed by atoms with Crippen molar-refractivity contribution in [3.63, 3.8) is 0 Å². The number of fused-ring (bicyclic) bond motifs is 5. The second-order valence-corrected chi connectivity index (χ2v) is 10.8. The summed E-state index contributed by atoms with van der Waals surface area (Å²) in [5.74, 6) is 0.435. The number of aromatic nitrogens is 2. The van der Waals surface area contributed by atoms with Crippen LogP contribution in [0.4, 0.5) is 16.4 Å². The minimum absolute atomic E-state index is 0.435. The van der Waals surface area contributed by atoms with Crippen LogP contribution in [-0.2, 0) is 0 Å². The van der Waals surface area contributed by atoms with Crippen molar-refractivity contribution in [2.45, 2.75) is 9.79 Å². The fourth-order valence-electron chi connectivity index (χ4n) is 4.69. The zero-order valence-electron chi connectivity index (χ0n) is 19.5. The standard InChI is InChI=1S/C31H18N4S2/c32-18-21(31-33-19-24-23-8-2-1-7-20(23)13-15-25(24)34-31)17-22-14-16-30(36-22)35-26-9-3-5-11-28(26)37-29-12-6-4-10-27(29)35/h1-17,19H/b21-17+. The Morgan fingerprint density at radius 1 is 0.784 bits per heavy atom. The third-order valence-corrected chi connectivity index (χ3v) is 8.55. The van der Waals surface area contributed by atoms with E-state index in [0.29, 0.717) is 11.4 Å². The molecule has 0 bridgehead atoms. The van der Waals surface area contributed by atoms with E-state index in [1.54, 1.807) is 23.1 Å². The summed E-state index contributed by atoms with van der Waals surface area (Å²) in [4.78, 5) is 15.0. The van der Waals surface area contributed by atoms with E-state index in [1.165, 1.54) is 9.79 Å². The highest BCUT2D eigenvalue weighted by atomic mass is 32.2. The second kappa shape index (κ2) is 8.90. The summed E-state index contributed by atoms with van der Waals surface area (Å²) in [7, 11) is 0. The van der Waals surface area contributed by atoms with E-state index in [9.17, 15) is 5.26 Å². The first kappa shape index (κ1) is 21.8. The molecule has 6 aromatic rings. The topological polar surface area (TPSA) is 52.8 Å². The van der Waals surface area contributed by atoms with Crippen LogP contribution in [0.25, 0.3) is 33.3 Å². The van der Waals surface area contributed by atoms with Crippen molar-refractivity contribution in [1.82, 2.24) is 9.97 Å². The van der Waals surface area contributed by atoms with Gasteiger partial charge in [-0.25, -0.2) is 9.97 Å². The number of allylic oxidation sites excluding steroid dienone is 1. The Hall–Kier alpha value is -4.44. The van der Waals surface area contributed by atoms with Crippen LogP contribution in [0, 0.1) is 11.3 Å². The molecule has 0 N–H and O–H groups in total. The van der Waals surface area contributed by atoms with Crippen LogP contribution in [0.2, 0.25) is 0 Å². The lowest BCUT2D eigenvalue weighted by atomic mass is 10.1. The van der Waals surface area contributed by atoms with Crippen LogP contribution in [0.3, 0.4) is 0 Å². The molecule has 0 aliphatic carbocycles. The molecule has 4 aromatic carbocycles. The van der Waals surface area contributed by atoms with Crippen LogP contribution < -0.4 is 4.90 Å². The first-order valence-corrected chi connectivity index (χ1v) is 13.4. The maximum atomic E-state index is 9.99. The molecule has 37 heavy (non-hydrogen) atoms. The lowest BCUT2D eigenvalue weighted by molar-refractivity contribution is 1.17. The van der Waals surface area contributed by atoms with Gasteiger partial charge < -0.3 is 0 Å². The molecule has 7 rings (SSSR count). The number of rotatable bonds is 3. The van der Waals surface area contributed by atoms with Gasteiger partial charge in [-0.1, -0.05) is 66.4 Å². The third kappa shape index (κ3) is 3.77. The minimum atomic E-state index is 0.435. The van der Waals surface area contributed by atoms with Gasteiger partial charge in [-0.3, -0.25) is 4.90 Å². The van der Waals surface area contributed by atoms with Gasteiger partial charge in [-0.2, -0.15) is 5.26 Å². The van der Waals surface area contributed by atoms with E-state index in [4.69, 9.17) is 4.98 Å². The summed E-state index contributed by atoms with van der Waals surface area (Å²) in [5.41, 5.74) is 3.59. The normalized spacial score (nSPS) is 12.8. The summed E-state index contributed by atoms with van der Waals surface area (Å²) in [6, 6.07) is 35.6. The molecule has 0 atom stereocenters. The third-order valence-electron chi connectivity index (χ3n) is 6.40. The molecule has 6 heteroatoms. The molecule has 1 aliphatic heterocycles. The molecule has 174 valence electrons. The fraction of sp³-hybridized carbons (Fsp3) is 0. The van der Waals surface area contributed by atoms with Crippen molar-refractivity contribution in [2.24, 2.45) is 0 Å². The lowest BCUT2D eigenvalue weighted by Gasteiger charge is -2.31. The lowest BCUT2D eigenvalue weighted by Crippen LogP contribution is -2.13. The van der Waals surface area contributed by atoms with Gasteiger partial charge in [-0.15, -0.1) is 11.3 Å². The van der Waals surface area contributed by atoms with Gasteiger partial charge in [-0.05, 0) is 59.3 Å². The SMILES string of the molecule is N#C/C(=C\c1ccc(N2c3ccccc3Sc3ccccc32)s1)c1ncc2c(ccc3ccccc32)n1. The second-order valence-electron chi connectivity index (χ2n) is 8.63. The monoisotopic (exact) mass is 510 g/mol. The molecule has 4 nitrogen and oxygen atoms in total. The number of hydrogen-bond acceptors (Lipinski definition) is 6. The Morgan fingerprint density at radius 3 is 2.30 bits per heavy atom. The predicted octanol–water partition coefficient (Wildman–Crippen LogP) is 8.84. The summed E-state index contributed by atoms with van der Waals surface area (Å²) in [6.45, 7) is 0. The molecule has 3 heterocycles. The molecular weight excluding hydrogens is 493 g/mol. The first-order chi connectivity index (χ1) is 18.3. The van der Waals surface area contributed by atoms with Crippen LogP contribution >= 0.6 is 23.1 Å². The number of hydrogen-bond donors (Lipinski definition) is 0. The number of para-hydroxylation sites is 2. The Labute approximate surface area is 222 Å². The Bertz CT molecular complexity index is 1850. The number of nitriles is 1. The van der Waals surface area contributed by atoms with E-state index in [1.807, 2.05) is 30.5 Å². The van der Waals surface area contributed by atoms with Gasteiger partial charge >= 0.3 is 0 Å². The van der Waals surface area contributed by atoms with Crippen LogP contribution in [0.1, 0.15) is 10.7 Å². The fourth-order valence-corrected chi connectivity index (χ4v) is 6.72. The van der Waals surface area contributed by atoms with Crippen LogP contribution in [0.5, 0.6) is 0 Å². The average Bonchev–Trinajstić information content (AvgIpc) is 3.42. The van der Waals surface area contributed by atoms with Gasteiger partial charge in [0, 0.05) is 26.3 Å². The summed E-state index contributed by atoms with van der Waals surface area (Å²) in [6.07, 6.45) is 3.71. The van der Waals surface area contributed by atoms with Crippen molar-refractivity contribution in [3.05, 3.63) is 114 Å². The minimum Gasteiger partial charge on any atom is -0.300 e. The number of anilines is 3. The number of thiophene rings is 1. The van der Waals surface area contributed by atoms with Crippen molar-refractivity contribution >= 4 is 72.8 Å². The van der Waals surface area contributed by atoms with E-state index in [0.717, 1.165) is 42.9 Å². The molecule has 2 aromatic heterocycles. The van der Waals surface area contributed by atoms with E-state index in [2.05, 4.69) is 94.8 Å². The molecule has 0 fully saturated rings. The molecule has 0 radical (unpaired) electrons. The maximum Gasteiger partial charge on any atom is 0.170 e. The zero-order chi connectivity index (χ0) is 24.8. The Kier molecular flexibility index (Phi) is 5.24. The molecule has 1 aliphatic rings. The predicted molar refractivity (Wildman–Crippen MR) is 154 cm³/mol. The molecular formula is C31H18N4S2. The van der Waals surface area contributed by atoms with E-state index >= 15 is 0 Å². The van der Waals surface area contributed by atoms with Gasteiger partial charge in [0.1, 0.15) is 11.1 Å². The van der Waals surface area contributed by atoms with Crippen molar-refractivity contribution < 1.29 is 0 Å². The summed E-state index contributed by atoms with van der Waals surface area (Å²) >= 11 is 3.44. The molecule has 0 spiro atoms. The Morgan fingerprint density at radius 2 is 1.51 bits per heavy atom. The quantitative estimate of drug-likeness (QED) is 0.176. The van der Waals surface area contributed by atoms with Gasteiger partial charge in [0.05, 0.1) is 22.5 Å². The largest absolute Gasteiger partial charge is 0.300 e. The highest BCUT2D eigenvalue weighted by molar-refractivity contribution is 7.99. The zero-order valence-corrected chi connectivity index (χ0v) is 21.1. The molecule has 0 amide bonds. The van der Waals surface area contributed by atoms with E-state index in [-0.39, 0.29) is 0 Å². The van der Waals surface area contributed by atoms with E-state index < -0.39 is 0 Å². The van der Waals surface area contributed by atoms with Gasteiger partial charge in [0.15, 0.2) is 5.82 Å². The van der Waals surface area contributed by atoms with Crippen molar-refractivity contribution in [2.75, 3.05) is 4.90 Å². The Balaban J connectivity index is 1.28. The summed E-state index contributed by atoms with van der Waals surface area (Å²) < 4.78 is 0. The van der Waals surface area contributed by atoms with Crippen molar-refractivity contribution in [1.29, 1.82) is 5.26 Å². The number of benzene rings is 4. The molecule has 0 saturated carbocycles. The first-order valence-electron chi connectivity index (χ1n) is 11.8. The molecule has 0 unspecified atom stereocenters. The highest BCUT2D eigenvalue weighted by Crippen LogP contribution is 2.52. The average molecular weight is 511 g/mol. The van der Waals surface area contributed by atoms with Crippen LogP contribution in [0.15, 0.2) is 113 Å².